The molecule has 3 aromatic rings. The lowest BCUT2D eigenvalue weighted by Gasteiger charge is -2.19. The van der Waals surface area contributed by atoms with Gasteiger partial charge in [0.2, 0.25) is 0 Å². The summed E-state index contributed by atoms with van der Waals surface area (Å²) in [6.07, 6.45) is 0. The molecule has 0 bridgehead atoms. The van der Waals surface area contributed by atoms with E-state index < -0.39 is 7.92 Å². The largest absolute Gasteiger partial charge is 0.207 e. The molecule has 0 aliphatic heterocycles. The van der Waals surface area contributed by atoms with Crippen molar-refractivity contribution < 1.29 is 4.39 Å². The molecule has 0 spiro atoms. The quantitative estimate of drug-likeness (QED) is 0.610. The van der Waals surface area contributed by atoms with Crippen molar-refractivity contribution in [3.8, 4) is 0 Å². The summed E-state index contributed by atoms with van der Waals surface area (Å²) in [5, 5.41) is 3.45. The maximum absolute atomic E-state index is 13.8. The number of hydrogen-bond acceptors (Lipinski definition) is 0. The van der Waals surface area contributed by atoms with Crippen molar-refractivity contribution in [3.05, 3.63) is 89.2 Å². The molecule has 3 rings (SSSR count). The predicted molar refractivity (Wildman–Crippen MR) is 92.8 cm³/mol. The van der Waals surface area contributed by atoms with Crippen LogP contribution in [0.25, 0.3) is 0 Å². The molecule has 0 aromatic heterocycles. The molecular formula is C18H13BrFP. The van der Waals surface area contributed by atoms with E-state index in [-0.39, 0.29) is 5.82 Å². The fourth-order valence-electron chi connectivity index (χ4n) is 2.27. The summed E-state index contributed by atoms with van der Waals surface area (Å²) in [7, 11) is -0.748. The minimum absolute atomic E-state index is 0.210. The van der Waals surface area contributed by atoms with Gasteiger partial charge in [0.25, 0.3) is 0 Å². The third-order valence-electron chi connectivity index (χ3n) is 3.13. The molecule has 0 nitrogen and oxygen atoms in total. The molecule has 3 aromatic carbocycles. The first kappa shape index (κ1) is 14.4. The van der Waals surface area contributed by atoms with Crippen molar-refractivity contribution in [2.75, 3.05) is 0 Å². The predicted octanol–water partition coefficient (Wildman–Crippen LogP) is 4.35. The molecule has 21 heavy (non-hydrogen) atoms. The molecule has 0 aliphatic rings. The Hall–Kier alpha value is -1.50. The Morgan fingerprint density at radius 2 is 1.19 bits per heavy atom. The minimum Gasteiger partial charge on any atom is -0.207 e. The van der Waals surface area contributed by atoms with Gasteiger partial charge >= 0.3 is 0 Å². The number of benzene rings is 3. The van der Waals surface area contributed by atoms with E-state index in [2.05, 4.69) is 40.2 Å². The fraction of sp³-hybridized carbons (Fsp3) is 0. The summed E-state index contributed by atoms with van der Waals surface area (Å²) >= 11 is 3.40. The van der Waals surface area contributed by atoms with Crippen molar-refractivity contribution in [1.29, 1.82) is 0 Å². The van der Waals surface area contributed by atoms with E-state index in [1.807, 2.05) is 42.5 Å². The highest BCUT2D eigenvalue weighted by atomic mass is 79.9. The van der Waals surface area contributed by atoms with Crippen LogP contribution in [0, 0.1) is 5.82 Å². The Labute approximate surface area is 133 Å². The van der Waals surface area contributed by atoms with Crippen LogP contribution in [-0.2, 0) is 0 Å². The van der Waals surface area contributed by atoms with Crippen LogP contribution >= 0.6 is 23.9 Å². The lowest BCUT2D eigenvalue weighted by atomic mass is 10.3. The van der Waals surface area contributed by atoms with Crippen molar-refractivity contribution >= 4 is 39.8 Å². The van der Waals surface area contributed by atoms with Gasteiger partial charge in [-0.05, 0) is 42.0 Å². The van der Waals surface area contributed by atoms with Gasteiger partial charge in [0.05, 0.1) is 0 Å². The molecule has 0 radical (unpaired) electrons. The SMILES string of the molecule is Fc1cc(Br)cc(P(c2ccccc2)c2ccccc2)c1. The maximum Gasteiger partial charge on any atom is 0.124 e. The maximum atomic E-state index is 13.8. The Bertz CT molecular complexity index is 669. The lowest BCUT2D eigenvalue weighted by Crippen LogP contribution is -2.20. The second-order valence-electron chi connectivity index (χ2n) is 4.63. The van der Waals surface area contributed by atoms with Crippen LogP contribution in [0.15, 0.2) is 83.3 Å². The normalized spacial score (nSPS) is 10.8. The van der Waals surface area contributed by atoms with Crippen LogP contribution in [0.4, 0.5) is 4.39 Å². The van der Waals surface area contributed by atoms with Gasteiger partial charge in [0.15, 0.2) is 0 Å². The number of halogens is 2. The second-order valence-corrected chi connectivity index (χ2v) is 7.77. The summed E-state index contributed by atoms with van der Waals surface area (Å²) in [5.41, 5.74) is 0. The van der Waals surface area contributed by atoms with Crippen molar-refractivity contribution in [3.63, 3.8) is 0 Å². The minimum atomic E-state index is -0.748. The van der Waals surface area contributed by atoms with Gasteiger partial charge in [-0.2, -0.15) is 0 Å². The summed E-state index contributed by atoms with van der Waals surface area (Å²) in [6.45, 7) is 0. The molecular weight excluding hydrogens is 346 g/mol. The highest BCUT2D eigenvalue weighted by molar-refractivity contribution is 9.10. The Balaban J connectivity index is 2.17. The fourth-order valence-corrected chi connectivity index (χ4v) is 5.27. The zero-order valence-corrected chi connectivity index (χ0v) is 13.7. The number of hydrogen-bond donors (Lipinski definition) is 0. The standard InChI is InChI=1S/C18H13BrFP/c19-14-11-15(20)13-18(12-14)21(16-7-3-1-4-8-16)17-9-5-2-6-10-17/h1-13H. The first-order valence-electron chi connectivity index (χ1n) is 6.60. The van der Waals surface area contributed by atoms with E-state index in [0.29, 0.717) is 0 Å². The Kier molecular flexibility index (Phi) is 4.48. The average molecular weight is 359 g/mol. The highest BCUT2D eigenvalue weighted by Gasteiger charge is 2.17. The Morgan fingerprint density at radius 1 is 0.667 bits per heavy atom. The van der Waals surface area contributed by atoms with Crippen LogP contribution in [0.1, 0.15) is 0 Å². The third-order valence-corrected chi connectivity index (χ3v) is 6.00. The molecule has 0 atom stereocenters. The van der Waals surface area contributed by atoms with Crippen molar-refractivity contribution in [2.45, 2.75) is 0 Å². The van der Waals surface area contributed by atoms with Crippen LogP contribution in [0.5, 0.6) is 0 Å². The van der Waals surface area contributed by atoms with Gasteiger partial charge in [-0.15, -0.1) is 0 Å². The van der Waals surface area contributed by atoms with Crippen LogP contribution in [0.3, 0.4) is 0 Å². The first-order chi connectivity index (χ1) is 10.2. The lowest BCUT2D eigenvalue weighted by molar-refractivity contribution is 0.628. The van der Waals surface area contributed by atoms with E-state index in [1.165, 1.54) is 16.7 Å². The number of rotatable bonds is 3. The van der Waals surface area contributed by atoms with Crippen LogP contribution < -0.4 is 15.9 Å². The van der Waals surface area contributed by atoms with E-state index in [9.17, 15) is 4.39 Å². The second kappa shape index (κ2) is 6.51. The van der Waals surface area contributed by atoms with Crippen LogP contribution in [0.2, 0.25) is 0 Å². The Morgan fingerprint density at radius 3 is 1.67 bits per heavy atom. The topological polar surface area (TPSA) is 0 Å². The molecule has 3 heteroatoms. The van der Waals surface area contributed by atoms with Crippen molar-refractivity contribution in [2.24, 2.45) is 0 Å². The summed E-state index contributed by atoms with van der Waals surface area (Å²) in [6, 6.07) is 25.7. The van der Waals surface area contributed by atoms with Gasteiger partial charge in [0, 0.05) is 4.47 Å². The highest BCUT2D eigenvalue weighted by Crippen LogP contribution is 2.33. The van der Waals surface area contributed by atoms with Gasteiger partial charge in [-0.3, -0.25) is 0 Å². The van der Waals surface area contributed by atoms with E-state index in [0.717, 1.165) is 9.78 Å². The van der Waals surface area contributed by atoms with Gasteiger partial charge < -0.3 is 0 Å². The van der Waals surface area contributed by atoms with Crippen LogP contribution in [-0.4, -0.2) is 0 Å². The van der Waals surface area contributed by atoms with Gasteiger partial charge in [-0.1, -0.05) is 76.6 Å². The molecule has 0 saturated heterocycles. The molecule has 0 N–H and O–H groups in total. The average Bonchev–Trinajstić information content (AvgIpc) is 2.49. The molecule has 0 aliphatic carbocycles. The summed E-state index contributed by atoms with van der Waals surface area (Å²) < 4.78 is 14.6. The third kappa shape index (κ3) is 3.40. The molecule has 0 fully saturated rings. The smallest absolute Gasteiger partial charge is 0.124 e. The first-order valence-corrected chi connectivity index (χ1v) is 8.74. The molecule has 0 unspecified atom stereocenters. The summed E-state index contributed by atoms with van der Waals surface area (Å²) in [5.74, 6) is -0.210. The van der Waals surface area contributed by atoms with Crippen molar-refractivity contribution in [1.82, 2.24) is 0 Å². The van der Waals surface area contributed by atoms with E-state index in [4.69, 9.17) is 0 Å². The molecule has 0 amide bonds. The zero-order valence-electron chi connectivity index (χ0n) is 11.2. The van der Waals surface area contributed by atoms with Gasteiger partial charge in [0.1, 0.15) is 5.82 Å². The monoisotopic (exact) mass is 358 g/mol. The van der Waals surface area contributed by atoms with Gasteiger partial charge in [-0.25, -0.2) is 4.39 Å². The van der Waals surface area contributed by atoms with E-state index >= 15 is 0 Å². The van der Waals surface area contributed by atoms with E-state index in [1.54, 1.807) is 6.07 Å². The molecule has 0 heterocycles. The molecule has 104 valence electrons. The zero-order chi connectivity index (χ0) is 14.7. The summed E-state index contributed by atoms with van der Waals surface area (Å²) in [4.78, 5) is 0. The molecule has 0 saturated carbocycles.